The molecule has 0 heterocycles. The molecule has 17 heavy (non-hydrogen) atoms. The molecular weight excluding hydrogens is 214 g/mol. The molecule has 3 nitrogen and oxygen atoms in total. The molecule has 1 atom stereocenters. The van der Waals surface area contributed by atoms with E-state index in [1.165, 1.54) is 5.56 Å². The summed E-state index contributed by atoms with van der Waals surface area (Å²) in [4.78, 5) is 0. The normalized spacial score (nSPS) is 12.6. The summed E-state index contributed by atoms with van der Waals surface area (Å²) in [5.74, 6) is 2.65. The van der Waals surface area contributed by atoms with Gasteiger partial charge in [0.05, 0.1) is 14.2 Å². The fraction of sp³-hybridized carbons (Fsp3) is 0.571. The van der Waals surface area contributed by atoms with E-state index in [1.807, 2.05) is 13.1 Å². The predicted molar refractivity (Wildman–Crippen MR) is 71.1 cm³/mol. The largest absolute Gasteiger partial charge is 0.493 e. The first-order chi connectivity index (χ1) is 8.13. The van der Waals surface area contributed by atoms with Crippen LogP contribution in [0.2, 0.25) is 0 Å². The van der Waals surface area contributed by atoms with E-state index in [9.17, 15) is 0 Å². The molecule has 0 bridgehead atoms. The van der Waals surface area contributed by atoms with Gasteiger partial charge in [-0.15, -0.1) is 0 Å². The molecule has 0 aliphatic heterocycles. The molecule has 1 N–H and O–H groups in total. The van der Waals surface area contributed by atoms with Crippen LogP contribution in [-0.4, -0.2) is 27.8 Å². The standard InChI is InChI=1S/C14H23NO2/c1-10(2)12(9-15-3)11-6-7-13(16-4)14(8-11)17-5/h6-8,10,12,15H,9H2,1-5H3. The average molecular weight is 237 g/mol. The second kappa shape index (κ2) is 6.50. The van der Waals surface area contributed by atoms with Gasteiger partial charge in [-0.05, 0) is 36.6 Å². The van der Waals surface area contributed by atoms with Crippen LogP contribution in [0.1, 0.15) is 25.3 Å². The van der Waals surface area contributed by atoms with E-state index in [1.54, 1.807) is 14.2 Å². The third-order valence-electron chi connectivity index (χ3n) is 3.06. The van der Waals surface area contributed by atoms with Crippen LogP contribution in [0, 0.1) is 5.92 Å². The van der Waals surface area contributed by atoms with Gasteiger partial charge in [0.15, 0.2) is 11.5 Å². The van der Waals surface area contributed by atoms with Gasteiger partial charge in [0.25, 0.3) is 0 Å². The maximum atomic E-state index is 5.34. The molecule has 0 saturated heterocycles. The Morgan fingerprint density at radius 3 is 2.24 bits per heavy atom. The smallest absolute Gasteiger partial charge is 0.160 e. The lowest BCUT2D eigenvalue weighted by Gasteiger charge is -2.22. The van der Waals surface area contributed by atoms with Gasteiger partial charge in [-0.1, -0.05) is 19.9 Å². The summed E-state index contributed by atoms with van der Waals surface area (Å²) in [6.45, 7) is 5.44. The fourth-order valence-electron chi connectivity index (χ4n) is 2.04. The van der Waals surface area contributed by atoms with E-state index in [4.69, 9.17) is 9.47 Å². The van der Waals surface area contributed by atoms with Crippen LogP contribution in [0.5, 0.6) is 11.5 Å². The summed E-state index contributed by atoms with van der Waals surface area (Å²) in [7, 11) is 5.31. The van der Waals surface area contributed by atoms with Crippen molar-refractivity contribution in [2.24, 2.45) is 5.92 Å². The van der Waals surface area contributed by atoms with Crippen molar-refractivity contribution in [3.05, 3.63) is 23.8 Å². The Bertz CT molecular complexity index is 350. The number of rotatable bonds is 6. The van der Waals surface area contributed by atoms with Gasteiger partial charge in [0.2, 0.25) is 0 Å². The molecule has 0 aliphatic rings. The van der Waals surface area contributed by atoms with Crippen molar-refractivity contribution in [2.75, 3.05) is 27.8 Å². The predicted octanol–water partition coefficient (Wildman–Crippen LogP) is 2.66. The highest BCUT2D eigenvalue weighted by atomic mass is 16.5. The van der Waals surface area contributed by atoms with Gasteiger partial charge in [-0.2, -0.15) is 0 Å². The van der Waals surface area contributed by atoms with E-state index < -0.39 is 0 Å². The second-order valence-electron chi connectivity index (χ2n) is 4.52. The molecule has 96 valence electrons. The summed E-state index contributed by atoms with van der Waals surface area (Å²) in [6, 6.07) is 6.16. The van der Waals surface area contributed by atoms with Crippen LogP contribution >= 0.6 is 0 Å². The van der Waals surface area contributed by atoms with E-state index >= 15 is 0 Å². The van der Waals surface area contributed by atoms with Gasteiger partial charge in [-0.3, -0.25) is 0 Å². The highest BCUT2D eigenvalue weighted by molar-refractivity contribution is 5.44. The van der Waals surface area contributed by atoms with Crippen molar-refractivity contribution < 1.29 is 9.47 Å². The van der Waals surface area contributed by atoms with Gasteiger partial charge < -0.3 is 14.8 Å². The van der Waals surface area contributed by atoms with Gasteiger partial charge in [-0.25, -0.2) is 0 Å². The molecule has 1 aromatic rings. The third kappa shape index (κ3) is 3.37. The molecule has 0 amide bonds. The van der Waals surface area contributed by atoms with Crippen molar-refractivity contribution in [1.82, 2.24) is 5.32 Å². The lowest BCUT2D eigenvalue weighted by molar-refractivity contribution is 0.353. The lowest BCUT2D eigenvalue weighted by atomic mass is 9.88. The lowest BCUT2D eigenvalue weighted by Crippen LogP contribution is -2.21. The Balaban J connectivity index is 3.03. The quantitative estimate of drug-likeness (QED) is 0.825. The first kappa shape index (κ1) is 13.8. The van der Waals surface area contributed by atoms with Crippen molar-refractivity contribution in [2.45, 2.75) is 19.8 Å². The molecule has 0 aromatic heterocycles. The molecule has 0 saturated carbocycles. The molecule has 1 rings (SSSR count). The Morgan fingerprint density at radius 2 is 1.76 bits per heavy atom. The summed E-state index contributed by atoms with van der Waals surface area (Å²) in [6.07, 6.45) is 0. The van der Waals surface area contributed by atoms with Crippen molar-refractivity contribution in [1.29, 1.82) is 0 Å². The zero-order chi connectivity index (χ0) is 12.8. The molecule has 1 aromatic carbocycles. The van der Waals surface area contributed by atoms with Crippen LogP contribution in [0.25, 0.3) is 0 Å². The maximum absolute atomic E-state index is 5.34. The summed E-state index contributed by atoms with van der Waals surface area (Å²) < 4.78 is 10.6. The molecule has 0 radical (unpaired) electrons. The van der Waals surface area contributed by atoms with Crippen LogP contribution in [0.4, 0.5) is 0 Å². The highest BCUT2D eigenvalue weighted by Gasteiger charge is 2.16. The number of methoxy groups -OCH3 is 2. The summed E-state index contributed by atoms with van der Waals surface area (Å²) >= 11 is 0. The second-order valence-corrected chi connectivity index (χ2v) is 4.52. The topological polar surface area (TPSA) is 30.5 Å². The Hall–Kier alpha value is -1.22. The first-order valence-corrected chi connectivity index (χ1v) is 6.00. The van der Waals surface area contributed by atoms with Crippen molar-refractivity contribution >= 4 is 0 Å². The van der Waals surface area contributed by atoms with Crippen LogP contribution < -0.4 is 14.8 Å². The van der Waals surface area contributed by atoms with Gasteiger partial charge in [0.1, 0.15) is 0 Å². The minimum absolute atomic E-state index is 0.486. The van der Waals surface area contributed by atoms with Crippen LogP contribution in [-0.2, 0) is 0 Å². The Kier molecular flexibility index (Phi) is 5.29. The van der Waals surface area contributed by atoms with E-state index in [-0.39, 0.29) is 0 Å². The van der Waals surface area contributed by atoms with Crippen molar-refractivity contribution in [3.63, 3.8) is 0 Å². The molecular formula is C14H23NO2. The monoisotopic (exact) mass is 237 g/mol. The van der Waals surface area contributed by atoms with E-state index in [2.05, 4.69) is 31.3 Å². The molecule has 0 aliphatic carbocycles. The summed E-state index contributed by atoms with van der Waals surface area (Å²) in [5, 5.41) is 3.24. The minimum Gasteiger partial charge on any atom is -0.493 e. The zero-order valence-corrected chi connectivity index (χ0v) is 11.4. The number of benzene rings is 1. The number of nitrogens with one attached hydrogen (secondary N) is 1. The maximum Gasteiger partial charge on any atom is 0.160 e. The highest BCUT2D eigenvalue weighted by Crippen LogP contribution is 2.32. The Morgan fingerprint density at radius 1 is 1.12 bits per heavy atom. The minimum atomic E-state index is 0.486. The average Bonchev–Trinajstić information content (AvgIpc) is 2.34. The number of hydrogen-bond donors (Lipinski definition) is 1. The summed E-state index contributed by atoms with van der Waals surface area (Å²) in [5.41, 5.74) is 1.28. The number of likely N-dealkylation sites (N-methyl/N-ethyl adjacent to an activating group) is 1. The van der Waals surface area contributed by atoms with Gasteiger partial charge >= 0.3 is 0 Å². The first-order valence-electron chi connectivity index (χ1n) is 6.00. The molecule has 3 heteroatoms. The fourth-order valence-corrected chi connectivity index (χ4v) is 2.04. The van der Waals surface area contributed by atoms with Crippen LogP contribution in [0.15, 0.2) is 18.2 Å². The molecule has 1 unspecified atom stereocenters. The molecule has 0 spiro atoms. The van der Waals surface area contributed by atoms with E-state index in [0.29, 0.717) is 11.8 Å². The number of ether oxygens (including phenoxy) is 2. The molecule has 0 fully saturated rings. The number of hydrogen-bond acceptors (Lipinski definition) is 3. The zero-order valence-electron chi connectivity index (χ0n) is 11.4. The van der Waals surface area contributed by atoms with Crippen LogP contribution in [0.3, 0.4) is 0 Å². The third-order valence-corrected chi connectivity index (χ3v) is 3.06. The van der Waals surface area contributed by atoms with E-state index in [0.717, 1.165) is 18.0 Å². The van der Waals surface area contributed by atoms with Gasteiger partial charge in [0, 0.05) is 6.54 Å². The SMILES string of the molecule is CNCC(c1ccc(OC)c(OC)c1)C(C)C. The Labute approximate surface area is 104 Å². The van der Waals surface area contributed by atoms with Crippen molar-refractivity contribution in [3.8, 4) is 11.5 Å².